The fraction of sp³-hybridized carbons (Fsp3) is 0.435. The first kappa shape index (κ1) is 17.3. The molecule has 1 N–H and O–H groups in total. The van der Waals surface area contributed by atoms with Crippen LogP contribution >= 0.6 is 0 Å². The predicted molar refractivity (Wildman–Crippen MR) is 105 cm³/mol. The molecule has 136 valence electrons. The maximum absolute atomic E-state index is 12.6. The Bertz CT molecular complexity index is 735. The quantitative estimate of drug-likeness (QED) is 0.893. The molecule has 26 heavy (non-hydrogen) atoms. The Hall–Kier alpha value is -2.13. The second kappa shape index (κ2) is 8.05. The van der Waals surface area contributed by atoms with Crippen molar-refractivity contribution in [3.63, 3.8) is 0 Å². The Morgan fingerprint density at radius 2 is 1.69 bits per heavy atom. The molecule has 1 saturated heterocycles. The number of carbonyl (C=O) groups excluding carboxylic acids is 1. The molecule has 0 spiro atoms. The Morgan fingerprint density at radius 1 is 0.962 bits per heavy atom. The fourth-order valence-electron chi connectivity index (χ4n) is 4.51. The standard InChI is InChI=1S/C23H28N2O/c26-23(22-11-10-20-8-4-5-9-21(20)22)24-14-17-25-15-12-19(13-16-25)18-6-2-1-3-7-18/h1-9,19,22H,10-17H2,(H,24,26)/t22-/m1/s1. The molecule has 1 aliphatic heterocycles. The van der Waals surface area contributed by atoms with Crippen LogP contribution < -0.4 is 5.32 Å². The van der Waals surface area contributed by atoms with Gasteiger partial charge in [0.05, 0.1) is 5.92 Å². The average molecular weight is 348 g/mol. The minimum atomic E-state index is 0.0509. The number of likely N-dealkylation sites (tertiary alicyclic amines) is 1. The molecule has 0 bridgehead atoms. The molecule has 1 amide bonds. The van der Waals surface area contributed by atoms with E-state index in [-0.39, 0.29) is 11.8 Å². The molecule has 0 aromatic heterocycles. The number of fused-ring (bicyclic) bond motifs is 1. The molecule has 1 fully saturated rings. The molecular weight excluding hydrogens is 320 g/mol. The molecule has 1 heterocycles. The molecule has 2 aromatic carbocycles. The number of amides is 1. The second-order valence-electron chi connectivity index (χ2n) is 7.61. The average Bonchev–Trinajstić information content (AvgIpc) is 3.13. The molecule has 4 rings (SSSR count). The Kier molecular flexibility index (Phi) is 5.35. The third-order valence-electron chi connectivity index (χ3n) is 6.04. The van der Waals surface area contributed by atoms with Crippen molar-refractivity contribution < 1.29 is 4.79 Å². The highest BCUT2D eigenvalue weighted by atomic mass is 16.1. The van der Waals surface area contributed by atoms with Gasteiger partial charge in [0.1, 0.15) is 0 Å². The summed E-state index contributed by atoms with van der Waals surface area (Å²) in [6.07, 6.45) is 4.41. The topological polar surface area (TPSA) is 32.3 Å². The fourth-order valence-corrected chi connectivity index (χ4v) is 4.51. The summed E-state index contributed by atoms with van der Waals surface area (Å²) in [5, 5.41) is 3.18. The first-order chi connectivity index (χ1) is 12.8. The van der Waals surface area contributed by atoms with Crippen LogP contribution in [0.5, 0.6) is 0 Å². The summed E-state index contributed by atoms with van der Waals surface area (Å²) in [4.78, 5) is 15.0. The molecule has 1 atom stereocenters. The summed E-state index contributed by atoms with van der Waals surface area (Å²) in [5.74, 6) is 0.946. The third-order valence-corrected chi connectivity index (χ3v) is 6.04. The number of piperidine rings is 1. The van der Waals surface area contributed by atoms with Crippen LogP contribution in [0, 0.1) is 0 Å². The highest BCUT2D eigenvalue weighted by Crippen LogP contribution is 2.32. The lowest BCUT2D eigenvalue weighted by Crippen LogP contribution is -2.40. The molecule has 1 aliphatic carbocycles. The minimum absolute atomic E-state index is 0.0509. The van der Waals surface area contributed by atoms with Gasteiger partial charge in [0, 0.05) is 13.1 Å². The summed E-state index contributed by atoms with van der Waals surface area (Å²) < 4.78 is 0. The van der Waals surface area contributed by atoms with E-state index in [1.807, 2.05) is 6.07 Å². The predicted octanol–water partition coefficient (Wildman–Crippen LogP) is 3.71. The number of hydrogen-bond acceptors (Lipinski definition) is 2. The van der Waals surface area contributed by atoms with E-state index in [9.17, 15) is 4.79 Å². The van der Waals surface area contributed by atoms with Gasteiger partial charge in [-0.25, -0.2) is 0 Å². The zero-order valence-corrected chi connectivity index (χ0v) is 15.4. The van der Waals surface area contributed by atoms with E-state index in [2.05, 4.69) is 58.7 Å². The molecule has 0 unspecified atom stereocenters. The molecule has 0 saturated carbocycles. The lowest BCUT2D eigenvalue weighted by atomic mass is 9.89. The molecule has 2 aromatic rings. The molecule has 3 heteroatoms. The van der Waals surface area contributed by atoms with Gasteiger partial charge in [0.15, 0.2) is 0 Å². The smallest absolute Gasteiger partial charge is 0.227 e. The zero-order chi connectivity index (χ0) is 17.8. The van der Waals surface area contributed by atoms with Gasteiger partial charge in [-0.15, -0.1) is 0 Å². The number of nitrogens with one attached hydrogen (secondary N) is 1. The van der Waals surface area contributed by atoms with Gasteiger partial charge in [-0.2, -0.15) is 0 Å². The third kappa shape index (κ3) is 3.83. The van der Waals surface area contributed by atoms with Crippen molar-refractivity contribution in [2.45, 2.75) is 37.5 Å². The maximum atomic E-state index is 12.6. The van der Waals surface area contributed by atoms with E-state index in [1.54, 1.807) is 0 Å². The number of carbonyl (C=O) groups is 1. The van der Waals surface area contributed by atoms with Gasteiger partial charge in [0.2, 0.25) is 5.91 Å². The van der Waals surface area contributed by atoms with Crippen LogP contribution in [0.2, 0.25) is 0 Å². The van der Waals surface area contributed by atoms with E-state index in [1.165, 1.54) is 29.5 Å². The summed E-state index contributed by atoms with van der Waals surface area (Å²) in [7, 11) is 0. The van der Waals surface area contributed by atoms with Crippen molar-refractivity contribution >= 4 is 5.91 Å². The van der Waals surface area contributed by atoms with Gasteiger partial charge in [0.25, 0.3) is 0 Å². The summed E-state index contributed by atoms with van der Waals surface area (Å²) in [6.45, 7) is 3.97. The lowest BCUT2D eigenvalue weighted by Gasteiger charge is -2.32. The molecule has 0 radical (unpaired) electrons. The summed E-state index contributed by atoms with van der Waals surface area (Å²) in [5.41, 5.74) is 4.05. The summed E-state index contributed by atoms with van der Waals surface area (Å²) >= 11 is 0. The largest absolute Gasteiger partial charge is 0.354 e. The maximum Gasteiger partial charge on any atom is 0.227 e. The monoisotopic (exact) mass is 348 g/mol. The van der Waals surface area contributed by atoms with Crippen LogP contribution in [0.15, 0.2) is 54.6 Å². The van der Waals surface area contributed by atoms with E-state index in [0.717, 1.165) is 39.0 Å². The van der Waals surface area contributed by atoms with Crippen molar-refractivity contribution in [2.75, 3.05) is 26.2 Å². The highest BCUT2D eigenvalue weighted by Gasteiger charge is 2.28. The van der Waals surface area contributed by atoms with Gasteiger partial charge >= 0.3 is 0 Å². The number of hydrogen-bond donors (Lipinski definition) is 1. The van der Waals surface area contributed by atoms with Crippen LogP contribution in [0.1, 0.15) is 47.8 Å². The van der Waals surface area contributed by atoms with E-state index >= 15 is 0 Å². The van der Waals surface area contributed by atoms with Crippen LogP contribution in [0.3, 0.4) is 0 Å². The van der Waals surface area contributed by atoms with Gasteiger partial charge < -0.3 is 10.2 Å². The zero-order valence-electron chi connectivity index (χ0n) is 15.4. The van der Waals surface area contributed by atoms with E-state index in [0.29, 0.717) is 5.92 Å². The number of nitrogens with zero attached hydrogens (tertiary/aromatic N) is 1. The van der Waals surface area contributed by atoms with Gasteiger partial charge in [-0.1, -0.05) is 54.6 Å². The van der Waals surface area contributed by atoms with Crippen LogP contribution in [0.4, 0.5) is 0 Å². The Balaban J connectivity index is 1.21. The second-order valence-corrected chi connectivity index (χ2v) is 7.61. The SMILES string of the molecule is O=C(NCCN1CCC(c2ccccc2)CC1)[C@@H]1CCc2ccccc21. The number of aryl methyl sites for hydroxylation is 1. The number of rotatable bonds is 5. The van der Waals surface area contributed by atoms with E-state index in [4.69, 9.17) is 0 Å². The van der Waals surface area contributed by atoms with Crippen LogP contribution in [-0.4, -0.2) is 37.0 Å². The lowest BCUT2D eigenvalue weighted by molar-refractivity contribution is -0.122. The van der Waals surface area contributed by atoms with Crippen LogP contribution in [0.25, 0.3) is 0 Å². The Morgan fingerprint density at radius 3 is 2.50 bits per heavy atom. The van der Waals surface area contributed by atoms with Gasteiger partial charge in [-0.3, -0.25) is 4.79 Å². The molecular formula is C23H28N2O. The van der Waals surface area contributed by atoms with Crippen molar-refractivity contribution in [3.8, 4) is 0 Å². The first-order valence-electron chi connectivity index (χ1n) is 9.94. The molecule has 3 nitrogen and oxygen atoms in total. The van der Waals surface area contributed by atoms with Gasteiger partial charge in [-0.05, 0) is 61.4 Å². The Labute approximate surface area is 156 Å². The highest BCUT2D eigenvalue weighted by molar-refractivity contribution is 5.84. The normalized spacial score (nSPS) is 20.7. The van der Waals surface area contributed by atoms with Crippen molar-refractivity contribution in [2.24, 2.45) is 0 Å². The molecule has 2 aliphatic rings. The first-order valence-corrected chi connectivity index (χ1v) is 9.94. The van der Waals surface area contributed by atoms with Crippen molar-refractivity contribution in [1.29, 1.82) is 0 Å². The number of benzene rings is 2. The van der Waals surface area contributed by atoms with Crippen LogP contribution in [-0.2, 0) is 11.2 Å². The summed E-state index contributed by atoms with van der Waals surface area (Å²) in [6, 6.07) is 19.2. The minimum Gasteiger partial charge on any atom is -0.354 e. The van der Waals surface area contributed by atoms with Crippen molar-refractivity contribution in [3.05, 3.63) is 71.3 Å². The van der Waals surface area contributed by atoms with Crippen molar-refractivity contribution in [1.82, 2.24) is 10.2 Å². The van der Waals surface area contributed by atoms with E-state index < -0.39 is 0 Å².